The Kier molecular flexibility index (Phi) is 9.44. The first-order valence-corrected chi connectivity index (χ1v) is 10.1. The van der Waals surface area contributed by atoms with E-state index >= 15 is 0 Å². The lowest BCUT2D eigenvalue weighted by atomic mass is 10.1. The zero-order valence-corrected chi connectivity index (χ0v) is 19.6. The molecule has 1 atom stereocenters. The minimum Gasteiger partial charge on any atom is -0.352 e. The van der Waals surface area contributed by atoms with Crippen LogP contribution < -0.4 is 10.6 Å². The van der Waals surface area contributed by atoms with Gasteiger partial charge in [0.05, 0.1) is 6.04 Å². The van der Waals surface area contributed by atoms with Crippen molar-refractivity contribution in [3.63, 3.8) is 0 Å². The Labute approximate surface area is 191 Å². The average molecular weight is 506 g/mol. The standard InChI is InChI=1S/C23H30N4O.HI/c1-18(20-9-5-3-6-10-20)26-23(24-2)25-17-19-11-13-21(14-12-19)22(28)27-15-7-4-8-16-27;/h3,5-6,9-14,18H,4,7-8,15-17H2,1-2H3,(H2,24,25,26);1H. The number of likely N-dealkylation sites (tertiary alicyclic amines) is 1. The van der Waals surface area contributed by atoms with Crippen molar-refractivity contribution in [3.8, 4) is 0 Å². The molecule has 29 heavy (non-hydrogen) atoms. The second kappa shape index (κ2) is 11.8. The van der Waals surface area contributed by atoms with E-state index in [2.05, 4.69) is 34.7 Å². The van der Waals surface area contributed by atoms with Crippen molar-refractivity contribution < 1.29 is 4.79 Å². The number of amides is 1. The number of carbonyl (C=O) groups is 1. The largest absolute Gasteiger partial charge is 0.352 e. The maximum atomic E-state index is 12.6. The van der Waals surface area contributed by atoms with Gasteiger partial charge < -0.3 is 15.5 Å². The third-order valence-corrected chi connectivity index (χ3v) is 5.18. The van der Waals surface area contributed by atoms with E-state index in [-0.39, 0.29) is 35.9 Å². The molecule has 1 fully saturated rings. The molecular weight excluding hydrogens is 475 g/mol. The van der Waals surface area contributed by atoms with Gasteiger partial charge in [-0.05, 0) is 49.4 Å². The van der Waals surface area contributed by atoms with Crippen LogP contribution in [0.4, 0.5) is 0 Å². The minimum atomic E-state index is 0. The monoisotopic (exact) mass is 506 g/mol. The first kappa shape index (κ1) is 23.2. The molecule has 3 rings (SSSR count). The summed E-state index contributed by atoms with van der Waals surface area (Å²) in [6, 6.07) is 18.3. The molecule has 1 unspecified atom stereocenters. The van der Waals surface area contributed by atoms with Gasteiger partial charge in [-0.25, -0.2) is 0 Å². The molecule has 6 heteroatoms. The van der Waals surface area contributed by atoms with Crippen molar-refractivity contribution in [2.45, 2.75) is 38.8 Å². The fourth-order valence-electron chi connectivity index (χ4n) is 3.46. The lowest BCUT2D eigenvalue weighted by Gasteiger charge is -2.26. The molecule has 1 aliphatic heterocycles. The fraction of sp³-hybridized carbons (Fsp3) is 0.391. The number of piperidine rings is 1. The molecule has 1 amide bonds. The molecule has 0 saturated carbocycles. The molecule has 0 bridgehead atoms. The lowest BCUT2D eigenvalue weighted by Crippen LogP contribution is -2.38. The number of nitrogens with zero attached hydrogens (tertiary/aromatic N) is 2. The summed E-state index contributed by atoms with van der Waals surface area (Å²) < 4.78 is 0. The summed E-state index contributed by atoms with van der Waals surface area (Å²) in [5.74, 6) is 0.901. The van der Waals surface area contributed by atoms with E-state index in [1.807, 2.05) is 47.4 Å². The summed E-state index contributed by atoms with van der Waals surface area (Å²) in [6.45, 7) is 4.52. The second-order valence-electron chi connectivity index (χ2n) is 7.25. The summed E-state index contributed by atoms with van der Waals surface area (Å²) in [5.41, 5.74) is 3.10. The summed E-state index contributed by atoms with van der Waals surface area (Å²) in [5, 5.41) is 6.75. The second-order valence-corrected chi connectivity index (χ2v) is 7.25. The highest BCUT2D eigenvalue weighted by Gasteiger charge is 2.17. The molecule has 0 spiro atoms. The molecular formula is C23H31IN4O. The Morgan fingerprint density at radius 2 is 1.69 bits per heavy atom. The van der Waals surface area contributed by atoms with Crippen LogP contribution in [-0.4, -0.2) is 36.9 Å². The quantitative estimate of drug-likeness (QED) is 0.360. The first-order chi connectivity index (χ1) is 13.7. The molecule has 2 aromatic carbocycles. The van der Waals surface area contributed by atoms with Crippen molar-refractivity contribution in [2.75, 3.05) is 20.1 Å². The number of aliphatic imine (C=N–C) groups is 1. The summed E-state index contributed by atoms with van der Waals surface area (Å²) in [6.07, 6.45) is 3.45. The van der Waals surface area contributed by atoms with Crippen molar-refractivity contribution in [1.82, 2.24) is 15.5 Å². The van der Waals surface area contributed by atoms with Gasteiger partial charge in [-0.3, -0.25) is 9.79 Å². The van der Waals surface area contributed by atoms with E-state index in [0.717, 1.165) is 43.0 Å². The molecule has 2 N–H and O–H groups in total. The van der Waals surface area contributed by atoms with Crippen LogP contribution in [0.25, 0.3) is 0 Å². The molecule has 0 aliphatic carbocycles. The summed E-state index contributed by atoms with van der Waals surface area (Å²) >= 11 is 0. The van der Waals surface area contributed by atoms with Crippen LogP contribution in [0, 0.1) is 0 Å². The van der Waals surface area contributed by atoms with Crippen LogP contribution >= 0.6 is 24.0 Å². The van der Waals surface area contributed by atoms with Crippen LogP contribution in [0.1, 0.15) is 53.7 Å². The predicted octanol–water partition coefficient (Wildman–Crippen LogP) is 4.36. The Morgan fingerprint density at radius 3 is 2.31 bits per heavy atom. The van der Waals surface area contributed by atoms with Crippen molar-refractivity contribution in [3.05, 3.63) is 71.3 Å². The molecule has 1 heterocycles. The van der Waals surface area contributed by atoms with Gasteiger partial charge in [0.25, 0.3) is 5.91 Å². The van der Waals surface area contributed by atoms with Gasteiger partial charge in [-0.1, -0.05) is 42.5 Å². The highest BCUT2D eigenvalue weighted by Crippen LogP contribution is 2.14. The van der Waals surface area contributed by atoms with Crippen molar-refractivity contribution >= 4 is 35.8 Å². The fourth-order valence-corrected chi connectivity index (χ4v) is 3.46. The zero-order valence-electron chi connectivity index (χ0n) is 17.2. The number of halogens is 1. The van der Waals surface area contributed by atoms with E-state index in [1.165, 1.54) is 12.0 Å². The van der Waals surface area contributed by atoms with E-state index in [4.69, 9.17) is 0 Å². The highest BCUT2D eigenvalue weighted by atomic mass is 127. The number of nitrogens with one attached hydrogen (secondary N) is 2. The minimum absolute atomic E-state index is 0. The topological polar surface area (TPSA) is 56.7 Å². The number of benzene rings is 2. The molecule has 0 aromatic heterocycles. The van der Waals surface area contributed by atoms with Crippen molar-refractivity contribution in [2.24, 2.45) is 4.99 Å². The van der Waals surface area contributed by atoms with Gasteiger partial charge in [0, 0.05) is 32.2 Å². The van der Waals surface area contributed by atoms with E-state index in [1.54, 1.807) is 7.05 Å². The summed E-state index contributed by atoms with van der Waals surface area (Å²) in [4.78, 5) is 18.8. The van der Waals surface area contributed by atoms with Gasteiger partial charge in [0.1, 0.15) is 0 Å². The van der Waals surface area contributed by atoms with Gasteiger partial charge in [-0.15, -0.1) is 24.0 Å². The van der Waals surface area contributed by atoms with Crippen molar-refractivity contribution in [1.29, 1.82) is 0 Å². The number of rotatable bonds is 5. The van der Waals surface area contributed by atoms with Crippen LogP contribution in [-0.2, 0) is 6.54 Å². The molecule has 156 valence electrons. The third kappa shape index (κ3) is 6.73. The zero-order chi connectivity index (χ0) is 19.8. The molecule has 0 radical (unpaired) electrons. The molecule has 1 aliphatic rings. The number of hydrogen-bond acceptors (Lipinski definition) is 2. The van der Waals surface area contributed by atoms with Crippen LogP contribution in [0.3, 0.4) is 0 Å². The molecule has 1 saturated heterocycles. The van der Waals surface area contributed by atoms with Crippen LogP contribution in [0.2, 0.25) is 0 Å². The number of hydrogen-bond donors (Lipinski definition) is 2. The Hall–Kier alpha value is -2.09. The Balaban J connectivity index is 0.00000300. The Bertz CT molecular complexity index is 786. The maximum absolute atomic E-state index is 12.6. The van der Waals surface area contributed by atoms with E-state index in [0.29, 0.717) is 6.54 Å². The highest BCUT2D eigenvalue weighted by molar-refractivity contribution is 14.0. The third-order valence-electron chi connectivity index (χ3n) is 5.18. The maximum Gasteiger partial charge on any atom is 0.253 e. The first-order valence-electron chi connectivity index (χ1n) is 10.1. The number of carbonyl (C=O) groups excluding carboxylic acids is 1. The normalized spacial score (nSPS) is 15.2. The van der Waals surface area contributed by atoms with Crippen LogP contribution in [0.5, 0.6) is 0 Å². The van der Waals surface area contributed by atoms with Gasteiger partial charge in [-0.2, -0.15) is 0 Å². The molecule has 5 nitrogen and oxygen atoms in total. The van der Waals surface area contributed by atoms with Crippen LogP contribution in [0.15, 0.2) is 59.6 Å². The summed E-state index contributed by atoms with van der Waals surface area (Å²) in [7, 11) is 1.77. The predicted molar refractivity (Wildman–Crippen MR) is 130 cm³/mol. The van der Waals surface area contributed by atoms with E-state index < -0.39 is 0 Å². The lowest BCUT2D eigenvalue weighted by molar-refractivity contribution is 0.0724. The SMILES string of the molecule is CN=C(NCc1ccc(C(=O)N2CCCCC2)cc1)NC(C)c1ccccc1.I. The van der Waals surface area contributed by atoms with Gasteiger partial charge in [0.2, 0.25) is 0 Å². The average Bonchev–Trinajstić information content (AvgIpc) is 2.77. The smallest absolute Gasteiger partial charge is 0.253 e. The molecule has 2 aromatic rings. The van der Waals surface area contributed by atoms with E-state index in [9.17, 15) is 4.79 Å². The van der Waals surface area contributed by atoms with Gasteiger partial charge >= 0.3 is 0 Å². The Morgan fingerprint density at radius 1 is 1.03 bits per heavy atom. The van der Waals surface area contributed by atoms with Gasteiger partial charge in [0.15, 0.2) is 5.96 Å². The number of guanidine groups is 1.